The van der Waals surface area contributed by atoms with E-state index in [9.17, 15) is 5.11 Å². The van der Waals surface area contributed by atoms with Gasteiger partial charge < -0.3 is 5.11 Å². The van der Waals surface area contributed by atoms with Crippen LogP contribution in [0.2, 0.25) is 0 Å². The lowest BCUT2D eigenvalue weighted by atomic mass is 9.99. The largest absolute Gasteiger partial charge is 0.384 e. The SMILES string of the molecule is CCCc1ccc(C(O)c2ccccc2I)cc1. The highest BCUT2D eigenvalue weighted by Gasteiger charge is 2.12. The molecule has 1 N–H and O–H groups in total. The summed E-state index contributed by atoms with van der Waals surface area (Å²) in [6.07, 6.45) is 1.71. The van der Waals surface area contributed by atoms with Crippen molar-refractivity contribution in [2.24, 2.45) is 0 Å². The molecule has 94 valence electrons. The number of aryl methyl sites for hydroxylation is 1. The van der Waals surface area contributed by atoms with Crippen molar-refractivity contribution in [1.29, 1.82) is 0 Å². The second-order valence-corrected chi connectivity index (χ2v) is 5.58. The summed E-state index contributed by atoms with van der Waals surface area (Å²) < 4.78 is 1.10. The first-order chi connectivity index (χ1) is 8.72. The second kappa shape index (κ2) is 6.34. The topological polar surface area (TPSA) is 20.2 Å². The number of hydrogen-bond donors (Lipinski definition) is 1. The van der Waals surface area contributed by atoms with Gasteiger partial charge in [0.15, 0.2) is 0 Å². The predicted octanol–water partition coefficient (Wildman–Crippen LogP) is 4.33. The molecule has 1 atom stereocenters. The van der Waals surface area contributed by atoms with E-state index in [0.717, 1.165) is 27.5 Å². The number of halogens is 1. The molecule has 0 aromatic heterocycles. The summed E-state index contributed by atoms with van der Waals surface area (Å²) >= 11 is 2.26. The third-order valence-electron chi connectivity index (χ3n) is 3.03. The molecule has 2 rings (SSSR count). The Balaban J connectivity index is 2.23. The molecule has 0 radical (unpaired) electrons. The van der Waals surface area contributed by atoms with Gasteiger partial charge in [-0.3, -0.25) is 0 Å². The van der Waals surface area contributed by atoms with Crippen LogP contribution in [0.1, 0.15) is 36.1 Å². The van der Waals surface area contributed by atoms with Gasteiger partial charge in [0.25, 0.3) is 0 Å². The summed E-state index contributed by atoms with van der Waals surface area (Å²) in [4.78, 5) is 0. The van der Waals surface area contributed by atoms with E-state index in [2.05, 4.69) is 41.6 Å². The van der Waals surface area contributed by atoms with Gasteiger partial charge in [0.05, 0.1) is 0 Å². The maximum Gasteiger partial charge on any atom is 0.105 e. The van der Waals surface area contributed by atoms with Crippen LogP contribution in [0, 0.1) is 3.57 Å². The van der Waals surface area contributed by atoms with Crippen LogP contribution in [0.25, 0.3) is 0 Å². The van der Waals surface area contributed by atoms with E-state index in [0.29, 0.717) is 0 Å². The van der Waals surface area contributed by atoms with E-state index in [1.54, 1.807) is 0 Å². The van der Waals surface area contributed by atoms with E-state index < -0.39 is 6.10 Å². The average Bonchev–Trinajstić information content (AvgIpc) is 2.40. The van der Waals surface area contributed by atoms with Crippen LogP contribution in [0.5, 0.6) is 0 Å². The van der Waals surface area contributed by atoms with Crippen LogP contribution in [-0.4, -0.2) is 5.11 Å². The molecular formula is C16H17IO. The van der Waals surface area contributed by atoms with Gasteiger partial charge in [0.2, 0.25) is 0 Å². The van der Waals surface area contributed by atoms with Crippen LogP contribution in [-0.2, 0) is 6.42 Å². The monoisotopic (exact) mass is 352 g/mol. The lowest BCUT2D eigenvalue weighted by Gasteiger charge is -2.13. The zero-order chi connectivity index (χ0) is 13.0. The molecule has 0 amide bonds. The van der Waals surface area contributed by atoms with Gasteiger partial charge in [0.1, 0.15) is 6.10 Å². The van der Waals surface area contributed by atoms with E-state index >= 15 is 0 Å². The molecular weight excluding hydrogens is 335 g/mol. The Kier molecular flexibility index (Phi) is 4.78. The third kappa shape index (κ3) is 3.12. The molecule has 0 aliphatic heterocycles. The van der Waals surface area contributed by atoms with Crippen molar-refractivity contribution >= 4 is 22.6 Å². The standard InChI is InChI=1S/C16H17IO/c1-2-5-12-8-10-13(11-9-12)16(18)14-6-3-4-7-15(14)17/h3-4,6-11,16,18H,2,5H2,1H3. The Morgan fingerprint density at radius 3 is 2.33 bits per heavy atom. The summed E-state index contributed by atoms with van der Waals surface area (Å²) in [7, 11) is 0. The summed E-state index contributed by atoms with van der Waals surface area (Å²) in [5.74, 6) is 0. The van der Waals surface area contributed by atoms with Crippen molar-refractivity contribution in [3.63, 3.8) is 0 Å². The molecule has 1 unspecified atom stereocenters. The van der Waals surface area contributed by atoms with Crippen LogP contribution in [0.4, 0.5) is 0 Å². The minimum Gasteiger partial charge on any atom is -0.384 e. The molecule has 18 heavy (non-hydrogen) atoms. The van der Waals surface area contributed by atoms with Crippen LogP contribution in [0.3, 0.4) is 0 Å². The van der Waals surface area contributed by atoms with Crippen LogP contribution >= 0.6 is 22.6 Å². The summed E-state index contributed by atoms with van der Waals surface area (Å²) in [6, 6.07) is 16.2. The fourth-order valence-electron chi connectivity index (χ4n) is 2.03. The minimum absolute atomic E-state index is 0.534. The molecule has 2 aromatic rings. The Labute approximate surface area is 122 Å². The molecule has 0 saturated heterocycles. The predicted molar refractivity (Wildman–Crippen MR) is 83.7 cm³/mol. The molecule has 2 aromatic carbocycles. The first-order valence-corrected chi connectivity index (χ1v) is 7.31. The van der Waals surface area contributed by atoms with Crippen molar-refractivity contribution in [2.75, 3.05) is 0 Å². The highest BCUT2D eigenvalue weighted by Crippen LogP contribution is 2.26. The van der Waals surface area contributed by atoms with Gasteiger partial charge in [-0.15, -0.1) is 0 Å². The molecule has 0 aliphatic carbocycles. The van der Waals surface area contributed by atoms with Crippen LogP contribution in [0.15, 0.2) is 48.5 Å². The smallest absolute Gasteiger partial charge is 0.105 e. The Bertz CT molecular complexity index is 505. The van der Waals surface area contributed by atoms with Crippen molar-refractivity contribution in [1.82, 2.24) is 0 Å². The number of hydrogen-bond acceptors (Lipinski definition) is 1. The van der Waals surface area contributed by atoms with E-state index in [4.69, 9.17) is 0 Å². The Hall–Kier alpha value is -0.870. The average molecular weight is 352 g/mol. The zero-order valence-electron chi connectivity index (χ0n) is 10.4. The van der Waals surface area contributed by atoms with Crippen molar-refractivity contribution < 1.29 is 5.11 Å². The number of rotatable bonds is 4. The van der Waals surface area contributed by atoms with Crippen molar-refractivity contribution in [3.05, 3.63) is 68.8 Å². The van der Waals surface area contributed by atoms with Crippen molar-refractivity contribution in [2.45, 2.75) is 25.9 Å². The van der Waals surface area contributed by atoms with Gasteiger partial charge >= 0.3 is 0 Å². The molecule has 2 heteroatoms. The van der Waals surface area contributed by atoms with Crippen molar-refractivity contribution in [3.8, 4) is 0 Å². The van der Waals surface area contributed by atoms with Gasteiger partial charge in [-0.2, -0.15) is 0 Å². The zero-order valence-corrected chi connectivity index (χ0v) is 12.6. The van der Waals surface area contributed by atoms with Gasteiger partial charge in [-0.05, 0) is 51.8 Å². The maximum atomic E-state index is 10.4. The maximum absolute atomic E-state index is 10.4. The van der Waals surface area contributed by atoms with Crippen LogP contribution < -0.4 is 0 Å². The lowest BCUT2D eigenvalue weighted by molar-refractivity contribution is 0.219. The number of benzene rings is 2. The fourth-order valence-corrected chi connectivity index (χ4v) is 2.71. The second-order valence-electron chi connectivity index (χ2n) is 4.42. The van der Waals surface area contributed by atoms with Gasteiger partial charge in [-0.1, -0.05) is 55.8 Å². The summed E-state index contributed by atoms with van der Waals surface area (Å²) in [5, 5.41) is 10.4. The molecule has 0 spiro atoms. The quantitative estimate of drug-likeness (QED) is 0.813. The minimum atomic E-state index is -0.534. The first-order valence-electron chi connectivity index (χ1n) is 6.23. The number of aliphatic hydroxyl groups is 1. The first kappa shape index (κ1) is 13.6. The van der Waals surface area contributed by atoms with E-state index in [-0.39, 0.29) is 0 Å². The molecule has 0 aliphatic rings. The highest BCUT2D eigenvalue weighted by molar-refractivity contribution is 14.1. The Morgan fingerprint density at radius 1 is 1.06 bits per heavy atom. The van der Waals surface area contributed by atoms with Gasteiger partial charge in [-0.25, -0.2) is 0 Å². The third-order valence-corrected chi connectivity index (χ3v) is 4.02. The highest BCUT2D eigenvalue weighted by atomic mass is 127. The molecule has 0 saturated carbocycles. The lowest BCUT2D eigenvalue weighted by Crippen LogP contribution is -2.01. The van der Waals surface area contributed by atoms with E-state index in [1.165, 1.54) is 5.56 Å². The molecule has 0 fully saturated rings. The fraction of sp³-hybridized carbons (Fsp3) is 0.250. The molecule has 0 bridgehead atoms. The number of aliphatic hydroxyl groups excluding tert-OH is 1. The Morgan fingerprint density at radius 2 is 1.72 bits per heavy atom. The normalized spacial score (nSPS) is 12.4. The summed E-state index contributed by atoms with van der Waals surface area (Å²) in [6.45, 7) is 2.18. The van der Waals surface area contributed by atoms with Gasteiger partial charge in [0, 0.05) is 3.57 Å². The van der Waals surface area contributed by atoms with E-state index in [1.807, 2.05) is 36.4 Å². The summed E-state index contributed by atoms with van der Waals surface area (Å²) in [5.41, 5.74) is 3.26. The molecule has 1 nitrogen and oxygen atoms in total. The molecule has 0 heterocycles.